The van der Waals surface area contributed by atoms with Gasteiger partial charge < -0.3 is 5.32 Å². The second-order valence-electron chi connectivity index (χ2n) is 7.05. The normalized spacial score (nSPS) is 20.4. The topological polar surface area (TPSA) is 71.1 Å². The predicted octanol–water partition coefficient (Wildman–Crippen LogP) is 3.80. The van der Waals surface area contributed by atoms with Gasteiger partial charge in [0.05, 0.1) is 5.75 Å². The highest BCUT2D eigenvalue weighted by Gasteiger charge is 2.22. The number of benzene rings is 1. The van der Waals surface area contributed by atoms with E-state index in [0.29, 0.717) is 18.5 Å². The average Bonchev–Trinajstić information content (AvgIpc) is 2.69. The number of rotatable bonds is 7. The monoisotopic (exact) mass is 391 g/mol. The summed E-state index contributed by atoms with van der Waals surface area (Å²) in [6, 6.07) is 10.7. The van der Waals surface area contributed by atoms with Crippen LogP contribution in [0.4, 0.5) is 10.2 Å². The van der Waals surface area contributed by atoms with Crippen LogP contribution in [-0.2, 0) is 10.0 Å². The third kappa shape index (κ3) is 5.74. The maximum Gasteiger partial charge on any atom is 0.211 e. The van der Waals surface area contributed by atoms with Crippen molar-refractivity contribution >= 4 is 15.8 Å². The van der Waals surface area contributed by atoms with Crippen LogP contribution in [0, 0.1) is 11.7 Å². The molecule has 1 fully saturated rings. The Labute approximate surface area is 160 Å². The van der Waals surface area contributed by atoms with Gasteiger partial charge in [-0.1, -0.05) is 12.1 Å². The molecule has 0 radical (unpaired) electrons. The number of anilines is 1. The van der Waals surface area contributed by atoms with E-state index in [0.717, 1.165) is 42.6 Å². The van der Waals surface area contributed by atoms with Crippen LogP contribution in [0.25, 0.3) is 11.1 Å². The van der Waals surface area contributed by atoms with Gasteiger partial charge in [-0.15, -0.1) is 0 Å². The molecule has 1 aliphatic rings. The summed E-state index contributed by atoms with van der Waals surface area (Å²) in [4.78, 5) is 4.47. The minimum atomic E-state index is -3.11. The number of sulfonamides is 1. The zero-order chi connectivity index (χ0) is 19.3. The van der Waals surface area contributed by atoms with Crippen molar-refractivity contribution < 1.29 is 12.8 Å². The quantitative estimate of drug-likeness (QED) is 0.753. The van der Waals surface area contributed by atoms with Gasteiger partial charge in [-0.05, 0) is 68.4 Å². The second-order valence-corrected chi connectivity index (χ2v) is 9.15. The molecule has 2 N–H and O–H groups in total. The summed E-state index contributed by atoms with van der Waals surface area (Å²) in [5.74, 6) is 1.11. The molecule has 3 rings (SSSR count). The van der Waals surface area contributed by atoms with E-state index in [-0.39, 0.29) is 11.6 Å². The first-order chi connectivity index (χ1) is 12.9. The lowest BCUT2D eigenvalue weighted by atomic mass is 9.86. The highest BCUT2D eigenvalue weighted by atomic mass is 32.2. The summed E-state index contributed by atoms with van der Waals surface area (Å²) in [5.41, 5.74) is 1.89. The van der Waals surface area contributed by atoms with E-state index >= 15 is 0 Å². The summed E-state index contributed by atoms with van der Waals surface area (Å²) < 4.78 is 38.8. The highest BCUT2D eigenvalue weighted by Crippen LogP contribution is 2.27. The van der Waals surface area contributed by atoms with Crippen LogP contribution >= 0.6 is 0 Å². The molecule has 1 aliphatic carbocycles. The van der Waals surface area contributed by atoms with Gasteiger partial charge in [0.15, 0.2) is 0 Å². The smallest absolute Gasteiger partial charge is 0.211 e. The van der Waals surface area contributed by atoms with E-state index in [1.54, 1.807) is 25.3 Å². The molecule has 7 heteroatoms. The van der Waals surface area contributed by atoms with E-state index in [2.05, 4.69) is 15.0 Å². The third-order valence-electron chi connectivity index (χ3n) is 5.11. The Hall–Kier alpha value is -1.99. The fraction of sp³-hybridized carbons (Fsp3) is 0.450. The van der Waals surface area contributed by atoms with Crippen molar-refractivity contribution in [2.75, 3.05) is 17.6 Å². The standard InChI is InChI=1S/C20H26FN3O2S/c1-2-27(25,26)23-13-15-3-10-19(11-4-15)24-20-12-7-17(14-22-20)16-5-8-18(21)9-6-16/h5-9,12,14-15,19,23H,2-4,10-11,13H2,1H3,(H,22,24). The zero-order valence-electron chi connectivity index (χ0n) is 15.5. The molecule has 0 unspecified atom stereocenters. The third-order valence-corrected chi connectivity index (χ3v) is 6.48. The van der Waals surface area contributed by atoms with Crippen molar-refractivity contribution in [3.8, 4) is 11.1 Å². The molecular formula is C20H26FN3O2S. The molecule has 2 aromatic rings. The lowest BCUT2D eigenvalue weighted by Crippen LogP contribution is -2.34. The average molecular weight is 392 g/mol. The lowest BCUT2D eigenvalue weighted by molar-refractivity contribution is 0.337. The molecule has 0 saturated heterocycles. The van der Waals surface area contributed by atoms with Gasteiger partial charge >= 0.3 is 0 Å². The van der Waals surface area contributed by atoms with Crippen LogP contribution < -0.4 is 10.0 Å². The number of halogens is 1. The van der Waals surface area contributed by atoms with Crippen LogP contribution in [0.1, 0.15) is 32.6 Å². The van der Waals surface area contributed by atoms with E-state index < -0.39 is 10.0 Å². The largest absolute Gasteiger partial charge is 0.367 e. The van der Waals surface area contributed by atoms with Crippen LogP contribution in [0.2, 0.25) is 0 Å². The molecular weight excluding hydrogens is 365 g/mol. The Balaban J connectivity index is 1.48. The SMILES string of the molecule is CCS(=O)(=O)NCC1CCC(Nc2ccc(-c3ccc(F)cc3)cn2)CC1. The Kier molecular flexibility index (Phi) is 6.44. The molecule has 27 heavy (non-hydrogen) atoms. The first-order valence-electron chi connectivity index (χ1n) is 9.41. The van der Waals surface area contributed by atoms with Crippen LogP contribution in [0.5, 0.6) is 0 Å². The number of aromatic nitrogens is 1. The summed E-state index contributed by atoms with van der Waals surface area (Å²) >= 11 is 0. The number of hydrogen-bond donors (Lipinski definition) is 2. The maximum atomic E-state index is 13.0. The molecule has 0 spiro atoms. The molecule has 0 aliphatic heterocycles. The van der Waals surface area contributed by atoms with E-state index in [1.165, 1.54) is 12.1 Å². The Bertz CT molecular complexity index is 831. The van der Waals surface area contributed by atoms with Crippen molar-refractivity contribution in [3.63, 3.8) is 0 Å². The van der Waals surface area contributed by atoms with Gasteiger partial charge in [-0.3, -0.25) is 0 Å². The molecule has 1 heterocycles. The van der Waals surface area contributed by atoms with Gasteiger partial charge in [0.25, 0.3) is 0 Å². The van der Waals surface area contributed by atoms with Crippen LogP contribution in [0.15, 0.2) is 42.6 Å². The second kappa shape index (κ2) is 8.80. The molecule has 1 saturated carbocycles. The first-order valence-corrected chi connectivity index (χ1v) is 11.1. The fourth-order valence-corrected chi connectivity index (χ4v) is 4.05. The maximum absolute atomic E-state index is 13.0. The molecule has 5 nitrogen and oxygen atoms in total. The van der Waals surface area contributed by atoms with Crippen molar-refractivity contribution in [2.45, 2.75) is 38.6 Å². The number of nitrogens with one attached hydrogen (secondary N) is 2. The zero-order valence-corrected chi connectivity index (χ0v) is 16.3. The minimum absolute atomic E-state index is 0.128. The van der Waals surface area contributed by atoms with Gasteiger partial charge in [0.2, 0.25) is 10.0 Å². The summed E-state index contributed by atoms with van der Waals surface area (Å²) in [7, 11) is -3.11. The minimum Gasteiger partial charge on any atom is -0.367 e. The van der Waals surface area contributed by atoms with Crippen LogP contribution in [-0.4, -0.2) is 31.7 Å². The Morgan fingerprint density at radius 2 is 1.70 bits per heavy atom. The van der Waals surface area contributed by atoms with Crippen molar-refractivity contribution in [2.24, 2.45) is 5.92 Å². The predicted molar refractivity (Wildman–Crippen MR) is 106 cm³/mol. The first kappa shape index (κ1) is 19.8. The molecule has 1 aromatic heterocycles. The van der Waals surface area contributed by atoms with E-state index in [9.17, 15) is 12.8 Å². The van der Waals surface area contributed by atoms with Gasteiger partial charge in [0.1, 0.15) is 11.6 Å². The molecule has 0 atom stereocenters. The number of hydrogen-bond acceptors (Lipinski definition) is 4. The van der Waals surface area contributed by atoms with Gasteiger partial charge in [-0.2, -0.15) is 0 Å². The fourth-order valence-electron chi connectivity index (χ4n) is 3.36. The van der Waals surface area contributed by atoms with Gasteiger partial charge in [-0.25, -0.2) is 22.5 Å². The van der Waals surface area contributed by atoms with E-state index in [4.69, 9.17) is 0 Å². The molecule has 1 aromatic carbocycles. The molecule has 0 amide bonds. The van der Waals surface area contributed by atoms with Crippen molar-refractivity contribution in [1.82, 2.24) is 9.71 Å². The van der Waals surface area contributed by atoms with Crippen molar-refractivity contribution in [3.05, 3.63) is 48.4 Å². The highest BCUT2D eigenvalue weighted by molar-refractivity contribution is 7.89. The summed E-state index contributed by atoms with van der Waals surface area (Å²) in [5, 5.41) is 3.46. The molecule has 146 valence electrons. The number of pyridine rings is 1. The summed E-state index contributed by atoms with van der Waals surface area (Å²) in [6.45, 7) is 2.19. The van der Waals surface area contributed by atoms with Crippen LogP contribution in [0.3, 0.4) is 0 Å². The Morgan fingerprint density at radius 3 is 2.30 bits per heavy atom. The summed E-state index contributed by atoms with van der Waals surface area (Å²) in [6.07, 6.45) is 5.79. The lowest BCUT2D eigenvalue weighted by Gasteiger charge is -2.29. The Morgan fingerprint density at radius 1 is 1.04 bits per heavy atom. The van der Waals surface area contributed by atoms with Crippen molar-refractivity contribution in [1.29, 1.82) is 0 Å². The number of nitrogens with zero attached hydrogens (tertiary/aromatic N) is 1. The molecule has 0 bridgehead atoms. The van der Waals surface area contributed by atoms with E-state index in [1.807, 2.05) is 12.1 Å². The van der Waals surface area contributed by atoms with Gasteiger partial charge in [0, 0.05) is 24.3 Å².